The molecule has 0 bridgehead atoms. The Hall–Kier alpha value is -2.10. The molecule has 0 saturated carbocycles. The topological polar surface area (TPSA) is 46.9 Å². The van der Waals surface area contributed by atoms with E-state index < -0.39 is 0 Å². The van der Waals surface area contributed by atoms with E-state index in [4.69, 9.17) is 0 Å². The maximum absolute atomic E-state index is 12.2. The van der Waals surface area contributed by atoms with Crippen LogP contribution in [0.5, 0.6) is 0 Å². The van der Waals surface area contributed by atoms with Gasteiger partial charge in [-0.15, -0.1) is 0 Å². The minimum atomic E-state index is 0.118. The summed E-state index contributed by atoms with van der Waals surface area (Å²) in [7, 11) is 1.89. The van der Waals surface area contributed by atoms with Gasteiger partial charge in [-0.05, 0) is 35.4 Å². The molecule has 4 heteroatoms. The first-order chi connectivity index (χ1) is 10.1. The Morgan fingerprint density at radius 1 is 1.43 bits per heavy atom. The van der Waals surface area contributed by atoms with Crippen molar-refractivity contribution in [2.24, 2.45) is 13.0 Å². The summed E-state index contributed by atoms with van der Waals surface area (Å²) in [6, 6.07) is 8.56. The minimum absolute atomic E-state index is 0.118. The molecule has 1 aromatic carbocycles. The molecule has 0 unspecified atom stereocenters. The zero-order chi connectivity index (χ0) is 14.8. The fourth-order valence-corrected chi connectivity index (χ4v) is 3.12. The second-order valence-electron chi connectivity index (χ2n) is 5.95. The third-order valence-electron chi connectivity index (χ3n) is 4.22. The molecule has 1 aliphatic carbocycles. The van der Waals surface area contributed by atoms with Gasteiger partial charge in [0.15, 0.2) is 0 Å². The van der Waals surface area contributed by atoms with E-state index in [9.17, 15) is 4.79 Å². The Kier molecular flexibility index (Phi) is 3.78. The number of aryl methyl sites for hydroxylation is 2. The number of hydrogen-bond acceptors (Lipinski definition) is 2. The van der Waals surface area contributed by atoms with Crippen LogP contribution in [0, 0.1) is 5.92 Å². The Morgan fingerprint density at radius 2 is 2.24 bits per heavy atom. The van der Waals surface area contributed by atoms with Crippen molar-refractivity contribution in [3.8, 4) is 0 Å². The normalized spacial score (nSPS) is 20.3. The van der Waals surface area contributed by atoms with Gasteiger partial charge in [0.1, 0.15) is 0 Å². The molecule has 1 amide bonds. The number of carbonyl (C=O) groups excluding carboxylic acids is 1. The Labute approximate surface area is 125 Å². The average molecular weight is 283 g/mol. The van der Waals surface area contributed by atoms with Crippen molar-refractivity contribution in [2.45, 2.75) is 32.2 Å². The molecule has 0 saturated heterocycles. The first-order valence-corrected chi connectivity index (χ1v) is 7.48. The Balaban J connectivity index is 1.60. The van der Waals surface area contributed by atoms with Gasteiger partial charge in [-0.1, -0.05) is 31.2 Å². The number of hydrogen-bond donors (Lipinski definition) is 1. The zero-order valence-electron chi connectivity index (χ0n) is 12.5. The van der Waals surface area contributed by atoms with Crippen LogP contribution in [0.15, 0.2) is 36.7 Å². The molecule has 2 atom stereocenters. The van der Waals surface area contributed by atoms with Gasteiger partial charge in [-0.25, -0.2) is 0 Å². The van der Waals surface area contributed by atoms with Crippen molar-refractivity contribution in [1.82, 2.24) is 15.1 Å². The van der Waals surface area contributed by atoms with E-state index >= 15 is 0 Å². The van der Waals surface area contributed by atoms with Crippen LogP contribution in [0.1, 0.15) is 36.1 Å². The van der Waals surface area contributed by atoms with Gasteiger partial charge in [0.25, 0.3) is 0 Å². The maximum atomic E-state index is 12.2. The van der Waals surface area contributed by atoms with E-state index in [1.807, 2.05) is 25.5 Å². The van der Waals surface area contributed by atoms with Gasteiger partial charge in [0.05, 0.1) is 12.2 Å². The monoisotopic (exact) mass is 283 g/mol. The van der Waals surface area contributed by atoms with E-state index in [0.29, 0.717) is 12.3 Å². The van der Waals surface area contributed by atoms with Crippen LogP contribution in [0.3, 0.4) is 0 Å². The number of nitrogens with zero attached hydrogens (tertiary/aromatic N) is 2. The quantitative estimate of drug-likeness (QED) is 0.936. The third-order valence-corrected chi connectivity index (χ3v) is 4.22. The summed E-state index contributed by atoms with van der Waals surface area (Å²) < 4.78 is 1.77. The molecule has 4 nitrogen and oxygen atoms in total. The van der Waals surface area contributed by atoms with Crippen LogP contribution in [-0.2, 0) is 24.7 Å². The maximum Gasteiger partial charge on any atom is 0.220 e. The van der Waals surface area contributed by atoms with Crippen molar-refractivity contribution in [3.63, 3.8) is 0 Å². The second-order valence-corrected chi connectivity index (χ2v) is 5.95. The highest BCUT2D eigenvalue weighted by Crippen LogP contribution is 2.35. The standard InChI is InChI=1S/C17H21N3O/c1-12-9-14-5-3-4-6-15(14)17(12)19-16(21)8-7-13-10-18-20(2)11-13/h3-6,10-12,17H,7-9H2,1-2H3,(H,19,21)/t12-,17+/m0/s1. The summed E-state index contributed by atoms with van der Waals surface area (Å²) in [6.07, 6.45) is 6.07. The van der Waals surface area contributed by atoms with Gasteiger partial charge >= 0.3 is 0 Å². The summed E-state index contributed by atoms with van der Waals surface area (Å²) in [5, 5.41) is 7.32. The molecule has 0 aliphatic heterocycles. The summed E-state index contributed by atoms with van der Waals surface area (Å²) in [5.74, 6) is 0.581. The lowest BCUT2D eigenvalue weighted by Crippen LogP contribution is -2.30. The second kappa shape index (κ2) is 5.72. The first-order valence-electron chi connectivity index (χ1n) is 7.48. The van der Waals surface area contributed by atoms with Crippen molar-refractivity contribution in [2.75, 3.05) is 0 Å². The molecule has 0 spiro atoms. The molecule has 21 heavy (non-hydrogen) atoms. The lowest BCUT2D eigenvalue weighted by Gasteiger charge is -2.18. The number of nitrogens with one attached hydrogen (secondary N) is 1. The van der Waals surface area contributed by atoms with Crippen molar-refractivity contribution >= 4 is 5.91 Å². The number of benzene rings is 1. The number of amides is 1. The van der Waals surface area contributed by atoms with E-state index in [2.05, 4.69) is 35.5 Å². The molecule has 1 aliphatic rings. The molecular formula is C17H21N3O. The highest BCUT2D eigenvalue weighted by molar-refractivity contribution is 5.77. The number of carbonyl (C=O) groups is 1. The SMILES string of the molecule is C[C@H]1Cc2ccccc2[C@@H]1NC(=O)CCc1cnn(C)c1. The van der Waals surface area contributed by atoms with Crippen molar-refractivity contribution < 1.29 is 4.79 Å². The molecule has 1 aromatic heterocycles. The van der Waals surface area contributed by atoms with Gasteiger partial charge in [0, 0.05) is 19.7 Å². The fraction of sp³-hybridized carbons (Fsp3) is 0.412. The van der Waals surface area contributed by atoms with E-state index in [0.717, 1.165) is 18.4 Å². The van der Waals surface area contributed by atoms with Gasteiger partial charge in [0.2, 0.25) is 5.91 Å². The smallest absolute Gasteiger partial charge is 0.220 e. The predicted octanol–water partition coefficient (Wildman–Crippen LogP) is 2.40. The van der Waals surface area contributed by atoms with Crippen LogP contribution in [0.4, 0.5) is 0 Å². The average Bonchev–Trinajstić information content (AvgIpc) is 3.01. The summed E-state index contributed by atoms with van der Waals surface area (Å²) in [6.45, 7) is 2.20. The molecule has 110 valence electrons. The number of fused-ring (bicyclic) bond motifs is 1. The van der Waals surface area contributed by atoms with Crippen molar-refractivity contribution in [3.05, 3.63) is 53.3 Å². The Bertz CT molecular complexity index is 647. The van der Waals surface area contributed by atoms with Crippen LogP contribution < -0.4 is 5.32 Å². The van der Waals surface area contributed by atoms with E-state index in [1.54, 1.807) is 4.68 Å². The fourth-order valence-electron chi connectivity index (χ4n) is 3.12. The van der Waals surface area contributed by atoms with Crippen molar-refractivity contribution in [1.29, 1.82) is 0 Å². The lowest BCUT2D eigenvalue weighted by atomic mass is 10.0. The zero-order valence-corrected chi connectivity index (χ0v) is 12.5. The number of rotatable bonds is 4. The van der Waals surface area contributed by atoms with Gasteiger partial charge in [-0.3, -0.25) is 9.48 Å². The highest BCUT2D eigenvalue weighted by atomic mass is 16.1. The van der Waals surface area contributed by atoms with Gasteiger partial charge in [-0.2, -0.15) is 5.10 Å². The molecule has 0 radical (unpaired) electrons. The predicted molar refractivity (Wildman–Crippen MR) is 81.7 cm³/mol. The minimum Gasteiger partial charge on any atom is -0.349 e. The third kappa shape index (κ3) is 2.99. The molecule has 1 heterocycles. The molecule has 2 aromatic rings. The van der Waals surface area contributed by atoms with Crippen LogP contribution >= 0.6 is 0 Å². The van der Waals surface area contributed by atoms with Gasteiger partial charge < -0.3 is 5.32 Å². The summed E-state index contributed by atoms with van der Waals surface area (Å²) in [4.78, 5) is 12.2. The molecular weight excluding hydrogens is 262 g/mol. The molecule has 0 fully saturated rings. The van der Waals surface area contributed by atoms with Crippen LogP contribution in [0.2, 0.25) is 0 Å². The van der Waals surface area contributed by atoms with Crippen LogP contribution in [0.25, 0.3) is 0 Å². The Morgan fingerprint density at radius 3 is 3.00 bits per heavy atom. The molecule has 1 N–H and O–H groups in total. The summed E-state index contributed by atoms with van der Waals surface area (Å²) in [5.41, 5.74) is 3.75. The highest BCUT2D eigenvalue weighted by Gasteiger charge is 2.29. The first kappa shape index (κ1) is 13.9. The summed E-state index contributed by atoms with van der Waals surface area (Å²) >= 11 is 0. The number of aromatic nitrogens is 2. The van der Waals surface area contributed by atoms with Crippen LogP contribution in [-0.4, -0.2) is 15.7 Å². The lowest BCUT2D eigenvalue weighted by molar-refractivity contribution is -0.122. The molecule has 3 rings (SSSR count). The van der Waals surface area contributed by atoms with E-state index in [-0.39, 0.29) is 11.9 Å². The largest absolute Gasteiger partial charge is 0.349 e. The van der Waals surface area contributed by atoms with E-state index in [1.165, 1.54) is 11.1 Å².